The van der Waals surface area contributed by atoms with Crippen LogP contribution in [0.5, 0.6) is 0 Å². The Morgan fingerprint density at radius 1 is 0.328 bits per heavy atom. The number of fused-ring (bicyclic) bond motifs is 7. The molecule has 314 valence electrons. The van der Waals surface area contributed by atoms with Crippen LogP contribution in [0, 0.1) is 0 Å². The summed E-state index contributed by atoms with van der Waals surface area (Å²) in [6.07, 6.45) is 0. The molecule has 13 rings (SSSR count). The van der Waals surface area contributed by atoms with Crippen LogP contribution in [0.2, 0.25) is 0 Å². The zero-order valence-corrected chi connectivity index (χ0v) is 37.4. The minimum atomic E-state index is 1.08. The van der Waals surface area contributed by atoms with E-state index in [1.54, 1.807) is 0 Å². The molecule has 0 fully saturated rings. The van der Waals surface area contributed by atoms with Crippen LogP contribution in [-0.4, -0.2) is 4.57 Å². The highest BCUT2D eigenvalue weighted by atomic mass is 32.1. The summed E-state index contributed by atoms with van der Waals surface area (Å²) in [4.78, 5) is 2.45. The van der Waals surface area contributed by atoms with Gasteiger partial charge in [0.05, 0.1) is 16.7 Å². The summed E-state index contributed by atoms with van der Waals surface area (Å²) in [5, 5.41) is 7.57. The molecule has 2 aromatic heterocycles. The predicted octanol–water partition coefficient (Wildman–Crippen LogP) is 18.4. The van der Waals surface area contributed by atoms with E-state index in [1.807, 2.05) is 11.3 Å². The Morgan fingerprint density at radius 2 is 0.940 bits per heavy atom. The number of rotatable bonds is 8. The fourth-order valence-electron chi connectivity index (χ4n) is 10.3. The molecule has 0 N–H and O–H groups in total. The number of hydrogen-bond donors (Lipinski definition) is 0. The largest absolute Gasteiger partial charge is 0.310 e. The molecule has 67 heavy (non-hydrogen) atoms. The highest BCUT2D eigenvalue weighted by Crippen LogP contribution is 2.47. The summed E-state index contributed by atoms with van der Waals surface area (Å²) in [6.45, 7) is 0. The Kier molecular flexibility index (Phi) is 9.40. The summed E-state index contributed by atoms with van der Waals surface area (Å²) in [6, 6.07) is 93.2. The lowest BCUT2D eigenvalue weighted by molar-refractivity contribution is 1.18. The minimum absolute atomic E-state index is 1.08. The van der Waals surface area contributed by atoms with Gasteiger partial charge in [0.2, 0.25) is 0 Å². The lowest BCUT2D eigenvalue weighted by atomic mass is 9.90. The van der Waals surface area contributed by atoms with Crippen molar-refractivity contribution in [2.45, 2.75) is 0 Å². The first-order valence-corrected chi connectivity index (χ1v) is 23.7. The quantitative estimate of drug-likeness (QED) is 0.148. The number of para-hydroxylation sites is 3. The van der Waals surface area contributed by atoms with Gasteiger partial charge in [0.1, 0.15) is 0 Å². The van der Waals surface area contributed by atoms with Gasteiger partial charge in [-0.2, -0.15) is 0 Å². The van der Waals surface area contributed by atoms with Gasteiger partial charge in [-0.15, -0.1) is 11.3 Å². The third-order valence-electron chi connectivity index (χ3n) is 13.4. The molecule has 0 radical (unpaired) electrons. The van der Waals surface area contributed by atoms with E-state index < -0.39 is 0 Å². The summed E-state index contributed by atoms with van der Waals surface area (Å²) < 4.78 is 5.01. The smallest absolute Gasteiger partial charge is 0.0547 e. The predicted molar refractivity (Wildman–Crippen MR) is 288 cm³/mol. The minimum Gasteiger partial charge on any atom is -0.310 e. The molecule has 3 heteroatoms. The highest BCUT2D eigenvalue weighted by Gasteiger charge is 2.21. The number of aromatic nitrogens is 1. The molecule has 0 aliphatic heterocycles. The molecule has 0 atom stereocenters. The fraction of sp³-hybridized carbons (Fsp3) is 0. The Hall–Kier alpha value is -8.50. The lowest BCUT2D eigenvalue weighted by Gasteiger charge is -2.29. The summed E-state index contributed by atoms with van der Waals surface area (Å²) in [5.74, 6) is 0. The lowest BCUT2D eigenvalue weighted by Crippen LogP contribution is -2.11. The van der Waals surface area contributed by atoms with Crippen LogP contribution < -0.4 is 4.90 Å². The standard InChI is InChI=1S/C64H42N2S/c1-3-17-44(18-4-1)51-28-14-19-45-20-15-30-57(63(45)51)54-26-8-10-32-59(54)65(50-24-13-21-47(41-50)52-29-16-31-58-56-27-9-12-34-62(56)67-64(52)58)49-38-35-43(36-39-49)46-37-40-55-53-25-7-11-33-60(53)66(61(55)42-46)48-22-5-2-6-23-48/h1-42H. The monoisotopic (exact) mass is 870 g/mol. The van der Waals surface area contributed by atoms with Crippen molar-refractivity contribution in [2.24, 2.45) is 0 Å². The van der Waals surface area contributed by atoms with Crippen LogP contribution in [-0.2, 0) is 0 Å². The summed E-state index contributed by atoms with van der Waals surface area (Å²) in [7, 11) is 0. The van der Waals surface area contributed by atoms with Gasteiger partial charge in [-0.1, -0.05) is 194 Å². The molecule has 0 aliphatic rings. The SMILES string of the molecule is c1ccc(-c2cccc3cccc(-c4ccccc4N(c4ccc(-c5ccc6c7ccccc7n(-c7ccccc7)c6c5)cc4)c4cccc(-c5cccc6c5sc5ccccc56)c4)c23)cc1. The molecule has 0 saturated carbocycles. The molecule has 13 aromatic rings. The van der Waals surface area contributed by atoms with E-state index in [9.17, 15) is 0 Å². The number of hydrogen-bond acceptors (Lipinski definition) is 2. The number of anilines is 3. The van der Waals surface area contributed by atoms with Crippen LogP contribution in [0.15, 0.2) is 255 Å². The molecule has 11 aromatic carbocycles. The second-order valence-corrected chi connectivity index (χ2v) is 18.3. The Labute approximate surface area is 393 Å². The van der Waals surface area contributed by atoms with Crippen LogP contribution in [0.4, 0.5) is 17.1 Å². The van der Waals surface area contributed by atoms with Gasteiger partial charge in [0.25, 0.3) is 0 Å². The van der Waals surface area contributed by atoms with E-state index >= 15 is 0 Å². The first-order chi connectivity index (χ1) is 33.2. The van der Waals surface area contributed by atoms with E-state index in [0.717, 1.165) is 33.9 Å². The van der Waals surface area contributed by atoms with Crippen LogP contribution >= 0.6 is 11.3 Å². The average Bonchev–Trinajstić information content (AvgIpc) is 3.95. The third kappa shape index (κ3) is 6.63. The molecule has 2 nitrogen and oxygen atoms in total. The summed E-state index contributed by atoms with van der Waals surface area (Å²) >= 11 is 1.88. The molecule has 0 saturated heterocycles. The first kappa shape index (κ1) is 38.9. The van der Waals surface area contributed by atoms with Crippen molar-refractivity contribution in [3.05, 3.63) is 255 Å². The molecule has 0 aliphatic carbocycles. The normalized spacial score (nSPS) is 11.6. The number of thiophene rings is 1. The van der Waals surface area contributed by atoms with Crippen molar-refractivity contribution < 1.29 is 0 Å². The number of benzene rings is 11. The van der Waals surface area contributed by atoms with Crippen molar-refractivity contribution in [1.29, 1.82) is 0 Å². The van der Waals surface area contributed by atoms with Crippen molar-refractivity contribution >= 4 is 81.1 Å². The maximum absolute atomic E-state index is 2.45. The maximum atomic E-state index is 2.45. The Balaban J connectivity index is 0.992. The van der Waals surface area contributed by atoms with E-state index in [1.165, 1.54) is 86.1 Å². The third-order valence-corrected chi connectivity index (χ3v) is 14.6. The van der Waals surface area contributed by atoms with Crippen LogP contribution in [0.3, 0.4) is 0 Å². The van der Waals surface area contributed by atoms with Gasteiger partial charge in [-0.25, -0.2) is 0 Å². The number of nitrogens with zero attached hydrogens (tertiary/aromatic N) is 2. The van der Waals surface area contributed by atoms with Gasteiger partial charge >= 0.3 is 0 Å². The molecule has 2 heterocycles. The van der Waals surface area contributed by atoms with Crippen molar-refractivity contribution in [2.75, 3.05) is 4.90 Å². The topological polar surface area (TPSA) is 8.17 Å². The van der Waals surface area contributed by atoms with E-state index in [0.29, 0.717) is 0 Å². The first-order valence-electron chi connectivity index (χ1n) is 22.9. The van der Waals surface area contributed by atoms with Gasteiger partial charge < -0.3 is 9.47 Å². The van der Waals surface area contributed by atoms with Gasteiger partial charge in [0.15, 0.2) is 0 Å². The molecule has 0 unspecified atom stereocenters. The second-order valence-electron chi connectivity index (χ2n) is 17.2. The molecule has 0 amide bonds. The zero-order chi connectivity index (χ0) is 44.3. The van der Waals surface area contributed by atoms with Crippen molar-refractivity contribution in [3.8, 4) is 50.2 Å². The van der Waals surface area contributed by atoms with E-state index in [-0.39, 0.29) is 0 Å². The maximum Gasteiger partial charge on any atom is 0.0547 e. The van der Waals surface area contributed by atoms with Crippen molar-refractivity contribution in [3.63, 3.8) is 0 Å². The van der Waals surface area contributed by atoms with E-state index in [4.69, 9.17) is 0 Å². The van der Waals surface area contributed by atoms with Gasteiger partial charge in [-0.05, 0) is 110 Å². The summed E-state index contributed by atoms with van der Waals surface area (Å²) in [5.41, 5.74) is 16.4. The van der Waals surface area contributed by atoms with Gasteiger partial charge in [-0.3, -0.25) is 0 Å². The molecular weight excluding hydrogens is 829 g/mol. The highest BCUT2D eigenvalue weighted by molar-refractivity contribution is 7.26. The fourth-order valence-corrected chi connectivity index (χ4v) is 11.6. The molecular formula is C64H42N2S. The zero-order valence-electron chi connectivity index (χ0n) is 36.6. The average molecular weight is 871 g/mol. The molecule has 0 spiro atoms. The second kappa shape index (κ2) is 16.2. The van der Waals surface area contributed by atoms with E-state index in [2.05, 4.69) is 264 Å². The molecule has 0 bridgehead atoms. The Bertz CT molecular complexity index is 3970. The van der Waals surface area contributed by atoms with Gasteiger partial charge in [0, 0.05) is 53.6 Å². The Morgan fingerprint density at radius 3 is 1.79 bits per heavy atom. The van der Waals surface area contributed by atoms with Crippen LogP contribution in [0.25, 0.3) is 103 Å². The van der Waals surface area contributed by atoms with Crippen LogP contribution in [0.1, 0.15) is 0 Å². The van der Waals surface area contributed by atoms with Crippen molar-refractivity contribution in [1.82, 2.24) is 4.57 Å².